The molecular formula is C27H32Cl2N2O4. The number of benzene rings is 2. The number of hydrogen-bond donors (Lipinski definition) is 1. The maximum atomic E-state index is 13.8. The predicted molar refractivity (Wildman–Crippen MR) is 137 cm³/mol. The molecule has 4 atom stereocenters. The summed E-state index contributed by atoms with van der Waals surface area (Å²) in [6.45, 7) is 6.14. The fourth-order valence-corrected chi connectivity index (χ4v) is 5.72. The van der Waals surface area contributed by atoms with Crippen LogP contribution in [-0.2, 0) is 14.3 Å². The molecule has 0 saturated carbocycles. The van der Waals surface area contributed by atoms with Gasteiger partial charge in [-0.25, -0.2) is 0 Å². The lowest BCUT2D eigenvalue weighted by atomic mass is 9.74. The Balaban J connectivity index is 1.71. The molecule has 1 amide bonds. The summed E-state index contributed by atoms with van der Waals surface area (Å²) in [4.78, 5) is 29.8. The van der Waals surface area contributed by atoms with Gasteiger partial charge in [0.1, 0.15) is 0 Å². The number of carboxylic acids is 1. The van der Waals surface area contributed by atoms with Crippen molar-refractivity contribution in [1.29, 1.82) is 0 Å². The summed E-state index contributed by atoms with van der Waals surface area (Å²) in [7, 11) is 0. The Morgan fingerprint density at radius 1 is 1.09 bits per heavy atom. The van der Waals surface area contributed by atoms with E-state index in [4.69, 9.17) is 27.9 Å². The summed E-state index contributed by atoms with van der Waals surface area (Å²) in [5, 5.41) is 10.8. The molecule has 0 aromatic heterocycles. The highest BCUT2D eigenvalue weighted by molar-refractivity contribution is 6.30. The van der Waals surface area contributed by atoms with Crippen LogP contribution in [-0.4, -0.2) is 65.7 Å². The molecule has 6 nitrogen and oxygen atoms in total. The van der Waals surface area contributed by atoms with Crippen LogP contribution in [0.25, 0.3) is 0 Å². The highest BCUT2D eigenvalue weighted by Gasteiger charge is 2.45. The third-order valence-corrected chi connectivity index (χ3v) is 7.66. The summed E-state index contributed by atoms with van der Waals surface area (Å²) in [6.07, 6.45) is 1.05. The number of carbonyl (C=O) groups is 2. The number of amides is 1. The number of piperidine rings is 1. The topological polar surface area (TPSA) is 70.1 Å². The molecule has 0 radical (unpaired) electrons. The molecule has 2 aromatic rings. The fourth-order valence-electron chi connectivity index (χ4n) is 5.39. The molecule has 0 aliphatic carbocycles. The van der Waals surface area contributed by atoms with Crippen LogP contribution in [0.4, 0.5) is 0 Å². The van der Waals surface area contributed by atoms with E-state index in [-0.39, 0.29) is 30.3 Å². The summed E-state index contributed by atoms with van der Waals surface area (Å²) in [6, 6.07) is 15.0. The smallest absolute Gasteiger partial charge is 0.304 e. The van der Waals surface area contributed by atoms with E-state index in [9.17, 15) is 14.7 Å². The molecule has 0 spiro atoms. The standard InChI is InChI=1S/C27H32Cl2N2O4/c1-18(9-10-30-11-13-35-14-12-30)31-26(19-5-7-22(28)8-6-19)24(20-3-2-4-23(29)15-20)16-21(27(31)34)17-25(32)33/h2-8,15,18,21,24,26H,9-14,16-17H2,1H3,(H,32,33). The van der Waals surface area contributed by atoms with E-state index in [1.165, 1.54) is 0 Å². The van der Waals surface area contributed by atoms with Gasteiger partial charge in [-0.05, 0) is 55.2 Å². The molecule has 2 heterocycles. The SMILES string of the molecule is CC(CCN1CCOCC1)N1C(=O)C(CC(=O)O)CC(c2cccc(Cl)c2)C1c1ccc(Cl)cc1. The number of nitrogens with zero attached hydrogens (tertiary/aromatic N) is 2. The van der Waals surface area contributed by atoms with Crippen molar-refractivity contribution in [1.82, 2.24) is 9.80 Å². The minimum Gasteiger partial charge on any atom is -0.481 e. The lowest BCUT2D eigenvalue weighted by Gasteiger charge is -2.48. The average Bonchev–Trinajstić information content (AvgIpc) is 2.84. The number of likely N-dealkylation sites (tertiary alicyclic amines) is 1. The van der Waals surface area contributed by atoms with E-state index in [0.29, 0.717) is 16.5 Å². The van der Waals surface area contributed by atoms with Crippen LogP contribution in [0.15, 0.2) is 48.5 Å². The highest BCUT2D eigenvalue weighted by Crippen LogP contribution is 2.47. The third kappa shape index (κ3) is 6.36. The quantitative estimate of drug-likeness (QED) is 0.516. The Kier molecular flexibility index (Phi) is 8.71. The van der Waals surface area contributed by atoms with Crippen LogP contribution in [0, 0.1) is 5.92 Å². The summed E-state index contributed by atoms with van der Waals surface area (Å²) in [5.41, 5.74) is 1.99. The summed E-state index contributed by atoms with van der Waals surface area (Å²) < 4.78 is 5.46. The van der Waals surface area contributed by atoms with Crippen molar-refractivity contribution in [2.75, 3.05) is 32.8 Å². The van der Waals surface area contributed by atoms with E-state index in [0.717, 1.165) is 50.4 Å². The Morgan fingerprint density at radius 3 is 2.46 bits per heavy atom. The summed E-state index contributed by atoms with van der Waals surface area (Å²) in [5.74, 6) is -1.74. The fraction of sp³-hybridized carbons (Fsp3) is 0.481. The van der Waals surface area contributed by atoms with Gasteiger partial charge in [-0.1, -0.05) is 47.5 Å². The Hall–Kier alpha value is -2.12. The van der Waals surface area contributed by atoms with Gasteiger partial charge in [-0.2, -0.15) is 0 Å². The lowest BCUT2D eigenvalue weighted by molar-refractivity contribution is -0.152. The highest BCUT2D eigenvalue weighted by atomic mass is 35.5. The van der Waals surface area contributed by atoms with Crippen molar-refractivity contribution >= 4 is 35.1 Å². The van der Waals surface area contributed by atoms with E-state index >= 15 is 0 Å². The first kappa shape index (κ1) is 26.0. The van der Waals surface area contributed by atoms with Crippen LogP contribution in [0.3, 0.4) is 0 Å². The maximum Gasteiger partial charge on any atom is 0.304 e. The molecule has 2 aliphatic heterocycles. The number of hydrogen-bond acceptors (Lipinski definition) is 4. The van der Waals surface area contributed by atoms with Gasteiger partial charge in [0.25, 0.3) is 0 Å². The Labute approximate surface area is 216 Å². The molecule has 0 bridgehead atoms. The monoisotopic (exact) mass is 518 g/mol. The minimum atomic E-state index is -0.959. The van der Waals surface area contributed by atoms with Crippen molar-refractivity contribution in [3.8, 4) is 0 Å². The molecule has 8 heteroatoms. The lowest BCUT2D eigenvalue weighted by Crippen LogP contribution is -2.52. The number of morpholine rings is 1. The summed E-state index contributed by atoms with van der Waals surface area (Å²) >= 11 is 12.5. The molecule has 4 unspecified atom stereocenters. The molecule has 2 fully saturated rings. The van der Waals surface area contributed by atoms with Crippen molar-refractivity contribution in [2.45, 2.75) is 44.2 Å². The van der Waals surface area contributed by atoms with Gasteiger partial charge in [0.15, 0.2) is 0 Å². The maximum absolute atomic E-state index is 13.8. The number of halogens is 2. The number of aliphatic carboxylic acids is 1. The molecular weight excluding hydrogens is 487 g/mol. The van der Waals surface area contributed by atoms with Gasteiger partial charge in [-0.15, -0.1) is 0 Å². The van der Waals surface area contributed by atoms with Crippen LogP contribution < -0.4 is 0 Å². The average molecular weight is 519 g/mol. The van der Waals surface area contributed by atoms with Gasteiger partial charge in [0.2, 0.25) is 5.91 Å². The van der Waals surface area contributed by atoms with Gasteiger partial charge in [0, 0.05) is 47.6 Å². The van der Waals surface area contributed by atoms with Gasteiger partial charge < -0.3 is 14.7 Å². The zero-order chi connectivity index (χ0) is 24.9. The van der Waals surface area contributed by atoms with E-state index in [1.807, 2.05) is 53.4 Å². The second kappa shape index (κ2) is 11.7. The van der Waals surface area contributed by atoms with Gasteiger partial charge >= 0.3 is 5.97 Å². The normalized spacial score (nSPS) is 24.4. The van der Waals surface area contributed by atoms with Crippen LogP contribution in [0.5, 0.6) is 0 Å². The number of carboxylic acid groups (broad SMARTS) is 1. The molecule has 1 N–H and O–H groups in total. The van der Waals surface area contributed by atoms with Gasteiger partial charge in [0.05, 0.1) is 25.7 Å². The second-order valence-electron chi connectivity index (χ2n) is 9.53. The van der Waals surface area contributed by atoms with Crippen molar-refractivity contribution in [3.05, 3.63) is 69.7 Å². The van der Waals surface area contributed by atoms with Crippen molar-refractivity contribution in [2.24, 2.45) is 5.92 Å². The van der Waals surface area contributed by atoms with Gasteiger partial charge in [-0.3, -0.25) is 14.5 Å². The van der Waals surface area contributed by atoms with Crippen LogP contribution >= 0.6 is 23.2 Å². The van der Waals surface area contributed by atoms with Crippen molar-refractivity contribution < 1.29 is 19.4 Å². The second-order valence-corrected chi connectivity index (χ2v) is 10.4. The number of carbonyl (C=O) groups excluding carboxylic acids is 1. The molecule has 2 aliphatic rings. The van der Waals surface area contributed by atoms with Crippen molar-refractivity contribution in [3.63, 3.8) is 0 Å². The predicted octanol–water partition coefficient (Wildman–Crippen LogP) is 5.25. The van der Waals surface area contributed by atoms with Crippen LogP contribution in [0.1, 0.15) is 49.3 Å². The zero-order valence-electron chi connectivity index (χ0n) is 19.9. The first-order chi connectivity index (χ1) is 16.8. The molecule has 188 valence electrons. The molecule has 2 aromatic carbocycles. The number of ether oxygens (including phenoxy) is 1. The van der Waals surface area contributed by atoms with E-state index in [1.54, 1.807) is 0 Å². The van der Waals surface area contributed by atoms with E-state index in [2.05, 4.69) is 11.8 Å². The Morgan fingerprint density at radius 2 is 1.80 bits per heavy atom. The van der Waals surface area contributed by atoms with Crippen LogP contribution in [0.2, 0.25) is 10.0 Å². The first-order valence-electron chi connectivity index (χ1n) is 12.2. The molecule has 2 saturated heterocycles. The largest absolute Gasteiger partial charge is 0.481 e. The minimum absolute atomic E-state index is 0.0793. The molecule has 4 rings (SSSR count). The Bertz CT molecular complexity index is 1030. The molecule has 35 heavy (non-hydrogen) atoms. The van der Waals surface area contributed by atoms with E-state index < -0.39 is 11.9 Å². The third-order valence-electron chi connectivity index (χ3n) is 7.17. The first-order valence-corrected chi connectivity index (χ1v) is 12.9. The number of rotatable bonds is 8. The zero-order valence-corrected chi connectivity index (χ0v) is 21.4.